The van der Waals surface area contributed by atoms with Gasteiger partial charge >= 0.3 is 0 Å². The van der Waals surface area contributed by atoms with Crippen molar-refractivity contribution in [1.82, 2.24) is 0 Å². The van der Waals surface area contributed by atoms with E-state index in [2.05, 4.69) is 118 Å². The Morgan fingerprint density at radius 2 is 0.758 bits per heavy atom. The van der Waals surface area contributed by atoms with Gasteiger partial charge in [-0.1, -0.05) is 111 Å². The van der Waals surface area contributed by atoms with Crippen LogP contribution in [0.3, 0.4) is 0 Å². The van der Waals surface area contributed by atoms with Crippen molar-refractivity contribution in [2.75, 3.05) is 0 Å². The number of hydrogen-bond donors (Lipinski definition) is 1. The van der Waals surface area contributed by atoms with Gasteiger partial charge in [0, 0.05) is 16.4 Å². The van der Waals surface area contributed by atoms with Crippen molar-refractivity contribution < 1.29 is 0 Å². The molecule has 0 spiro atoms. The van der Waals surface area contributed by atoms with Crippen LogP contribution in [0.2, 0.25) is 0 Å². The summed E-state index contributed by atoms with van der Waals surface area (Å²) in [6, 6.07) is 35.5. The molecule has 4 aromatic rings. The molecule has 0 radical (unpaired) electrons. The first-order valence-electron chi connectivity index (χ1n) is 12.0. The van der Waals surface area contributed by atoms with Crippen molar-refractivity contribution in [1.29, 1.82) is 0 Å². The van der Waals surface area contributed by atoms with Crippen molar-refractivity contribution in [3.05, 3.63) is 119 Å². The minimum atomic E-state index is -0.362. The lowest BCUT2D eigenvalue weighted by atomic mass is 9.65. The predicted octanol–water partition coefficient (Wildman–Crippen LogP) is 7.46. The highest BCUT2D eigenvalue weighted by Crippen LogP contribution is 2.55. The largest absolute Gasteiger partial charge is 0.325 e. The van der Waals surface area contributed by atoms with Crippen LogP contribution in [0, 0.1) is 0 Å². The van der Waals surface area contributed by atoms with Crippen LogP contribution in [-0.4, -0.2) is 5.54 Å². The third kappa shape index (κ3) is 2.89. The Bertz CT molecular complexity index is 1180. The Labute approximate surface area is 197 Å². The summed E-state index contributed by atoms with van der Waals surface area (Å²) in [5.41, 5.74) is 17.7. The van der Waals surface area contributed by atoms with E-state index in [0.29, 0.717) is 0 Å². The lowest BCUT2D eigenvalue weighted by Crippen LogP contribution is -2.47. The smallest absolute Gasteiger partial charge is 0.0204 e. The van der Waals surface area contributed by atoms with Crippen LogP contribution in [0.5, 0.6) is 0 Å². The van der Waals surface area contributed by atoms with Gasteiger partial charge in [0.2, 0.25) is 0 Å². The molecule has 0 heterocycles. The first-order valence-corrected chi connectivity index (χ1v) is 12.0. The van der Waals surface area contributed by atoms with Gasteiger partial charge in [-0.2, -0.15) is 0 Å². The second kappa shape index (κ2) is 6.92. The molecule has 0 saturated carbocycles. The molecule has 0 saturated heterocycles. The molecule has 164 valence electrons. The van der Waals surface area contributed by atoms with E-state index < -0.39 is 0 Å². The molecular formula is C32H31N. The maximum absolute atomic E-state index is 7.28. The van der Waals surface area contributed by atoms with Crippen molar-refractivity contribution >= 4 is 0 Å². The summed E-state index contributed by atoms with van der Waals surface area (Å²) in [5, 5.41) is 0. The molecule has 0 aromatic heterocycles. The van der Waals surface area contributed by atoms with Crippen molar-refractivity contribution in [3.63, 3.8) is 0 Å². The summed E-state index contributed by atoms with van der Waals surface area (Å²) in [6.07, 6.45) is 1.79. The fourth-order valence-electron chi connectivity index (χ4n) is 7.15. The van der Waals surface area contributed by atoms with Gasteiger partial charge in [-0.15, -0.1) is 0 Å². The fourth-order valence-corrected chi connectivity index (χ4v) is 7.15. The Hall–Kier alpha value is -3.16. The zero-order valence-electron chi connectivity index (χ0n) is 19.7. The van der Waals surface area contributed by atoms with Gasteiger partial charge in [0.1, 0.15) is 0 Å². The summed E-state index contributed by atoms with van der Waals surface area (Å²) < 4.78 is 0. The Morgan fingerprint density at radius 3 is 1.03 bits per heavy atom. The maximum Gasteiger partial charge on any atom is 0.0204 e. The average Bonchev–Trinajstić information content (AvgIpc) is 3.21. The number of benzene rings is 4. The number of rotatable bonds is 4. The van der Waals surface area contributed by atoms with Gasteiger partial charge in [0.25, 0.3) is 0 Å². The van der Waals surface area contributed by atoms with Gasteiger partial charge in [-0.05, 0) is 64.3 Å². The molecule has 2 aliphatic rings. The second-order valence-electron chi connectivity index (χ2n) is 10.9. The fraction of sp³-hybridized carbons (Fsp3) is 0.250. The summed E-state index contributed by atoms with van der Waals surface area (Å²) in [5.74, 6) is 0. The van der Waals surface area contributed by atoms with E-state index in [0.717, 1.165) is 12.8 Å². The number of hydrogen-bond acceptors (Lipinski definition) is 1. The normalized spacial score (nSPS) is 16.6. The molecule has 2 N–H and O–H groups in total. The summed E-state index contributed by atoms with van der Waals surface area (Å²) in [4.78, 5) is 0. The highest BCUT2D eigenvalue weighted by atomic mass is 14.7. The van der Waals surface area contributed by atoms with Gasteiger partial charge < -0.3 is 5.73 Å². The zero-order chi connectivity index (χ0) is 22.8. The Balaban J connectivity index is 1.43. The van der Waals surface area contributed by atoms with Crippen LogP contribution >= 0.6 is 0 Å². The van der Waals surface area contributed by atoms with E-state index in [1.54, 1.807) is 0 Å². The molecule has 0 fully saturated rings. The molecule has 0 unspecified atom stereocenters. The van der Waals surface area contributed by atoms with Crippen LogP contribution in [0.1, 0.15) is 55.9 Å². The van der Waals surface area contributed by atoms with Gasteiger partial charge in [0.05, 0.1) is 0 Å². The molecule has 0 bridgehead atoms. The van der Waals surface area contributed by atoms with Gasteiger partial charge in [-0.25, -0.2) is 0 Å². The summed E-state index contributed by atoms with van der Waals surface area (Å²) >= 11 is 0. The van der Waals surface area contributed by atoms with Crippen LogP contribution in [0.4, 0.5) is 0 Å². The van der Waals surface area contributed by atoms with Crippen molar-refractivity contribution in [2.45, 2.75) is 50.0 Å². The predicted molar refractivity (Wildman–Crippen MR) is 138 cm³/mol. The topological polar surface area (TPSA) is 26.0 Å². The average molecular weight is 430 g/mol. The molecule has 1 heteroatoms. The van der Waals surface area contributed by atoms with Crippen LogP contribution < -0.4 is 5.73 Å². The van der Waals surface area contributed by atoms with E-state index in [9.17, 15) is 0 Å². The highest BCUT2D eigenvalue weighted by molar-refractivity contribution is 5.82. The molecule has 33 heavy (non-hydrogen) atoms. The standard InChI is InChI=1S/C32H31N/c1-30(33,20-31(2)26-16-8-4-12-22(26)23-13-5-9-17-27(23)31)21-32(3)28-18-10-6-14-24(28)25-15-7-11-19-29(25)32/h4-19H,20-21,33H2,1-3H3. The molecule has 0 amide bonds. The zero-order valence-corrected chi connectivity index (χ0v) is 19.7. The highest BCUT2D eigenvalue weighted by Gasteiger charge is 2.47. The molecule has 2 aliphatic carbocycles. The minimum absolute atomic E-state index is 0.106. The Morgan fingerprint density at radius 1 is 0.515 bits per heavy atom. The second-order valence-corrected chi connectivity index (χ2v) is 10.9. The van der Waals surface area contributed by atoms with Crippen molar-refractivity contribution in [3.8, 4) is 22.3 Å². The van der Waals surface area contributed by atoms with Crippen LogP contribution in [-0.2, 0) is 10.8 Å². The molecule has 0 aliphatic heterocycles. The summed E-state index contributed by atoms with van der Waals surface area (Å²) in [6.45, 7) is 7.04. The first-order chi connectivity index (χ1) is 15.8. The number of fused-ring (bicyclic) bond motifs is 6. The quantitative estimate of drug-likeness (QED) is 0.358. The minimum Gasteiger partial charge on any atom is -0.325 e. The lowest BCUT2D eigenvalue weighted by Gasteiger charge is -2.41. The molecule has 4 aromatic carbocycles. The van der Waals surface area contributed by atoms with E-state index in [-0.39, 0.29) is 16.4 Å². The van der Waals surface area contributed by atoms with Crippen molar-refractivity contribution in [2.24, 2.45) is 5.73 Å². The van der Waals surface area contributed by atoms with E-state index in [1.165, 1.54) is 44.5 Å². The molecule has 0 atom stereocenters. The Kier molecular flexibility index (Phi) is 4.29. The maximum atomic E-state index is 7.28. The van der Waals surface area contributed by atoms with Gasteiger partial charge in [-0.3, -0.25) is 0 Å². The van der Waals surface area contributed by atoms with E-state index in [1.807, 2.05) is 0 Å². The molecule has 1 nitrogen and oxygen atoms in total. The van der Waals surface area contributed by atoms with E-state index in [4.69, 9.17) is 5.73 Å². The summed E-state index contributed by atoms with van der Waals surface area (Å²) in [7, 11) is 0. The third-order valence-corrected chi connectivity index (χ3v) is 8.18. The SMILES string of the molecule is CC(N)(CC1(C)c2ccccc2-c2ccccc21)CC1(C)c2ccccc2-c2ccccc21. The van der Waals surface area contributed by atoms with Crippen LogP contribution in [0.15, 0.2) is 97.1 Å². The monoisotopic (exact) mass is 429 g/mol. The van der Waals surface area contributed by atoms with Gasteiger partial charge in [0.15, 0.2) is 0 Å². The molecule has 6 rings (SSSR count). The third-order valence-electron chi connectivity index (χ3n) is 8.18. The number of nitrogens with two attached hydrogens (primary N) is 1. The first kappa shape index (κ1) is 20.4. The van der Waals surface area contributed by atoms with Crippen LogP contribution in [0.25, 0.3) is 22.3 Å². The molecular weight excluding hydrogens is 398 g/mol. The lowest BCUT2D eigenvalue weighted by molar-refractivity contribution is 0.285. The van der Waals surface area contributed by atoms with E-state index >= 15 is 0 Å².